The third-order valence-corrected chi connectivity index (χ3v) is 6.81. The normalized spacial score (nSPS) is 13.9. The summed E-state index contributed by atoms with van der Waals surface area (Å²) in [5, 5.41) is 5.70. The second-order valence-electron chi connectivity index (χ2n) is 6.74. The lowest BCUT2D eigenvalue weighted by Gasteiger charge is -2.21. The summed E-state index contributed by atoms with van der Waals surface area (Å²) >= 11 is 0. The van der Waals surface area contributed by atoms with Crippen molar-refractivity contribution in [1.82, 2.24) is 9.62 Å². The highest BCUT2D eigenvalue weighted by atomic mass is 32.2. The predicted molar refractivity (Wildman–Crippen MR) is 113 cm³/mol. The molecule has 0 aliphatic carbocycles. The van der Waals surface area contributed by atoms with Gasteiger partial charge in [-0.2, -0.15) is 4.31 Å². The zero-order valence-corrected chi connectivity index (χ0v) is 18.0. The SMILES string of the molecule is CCN(CC)S(=O)(=O)c1ccc([C@@H](C)N[C@H](C)C(=O)Nc2ccccc2F)cc1. The average Bonchev–Trinajstić information content (AvgIpc) is 2.70. The Morgan fingerprint density at radius 3 is 2.17 bits per heavy atom. The molecule has 0 heterocycles. The number of carbonyl (C=O) groups is 1. The first kappa shape index (κ1) is 23.0. The monoisotopic (exact) mass is 421 g/mol. The molecule has 0 saturated carbocycles. The lowest BCUT2D eigenvalue weighted by Crippen LogP contribution is -2.39. The van der Waals surface area contributed by atoms with E-state index in [1.807, 2.05) is 6.92 Å². The first-order chi connectivity index (χ1) is 13.7. The third-order valence-electron chi connectivity index (χ3n) is 4.75. The van der Waals surface area contributed by atoms with E-state index in [2.05, 4.69) is 10.6 Å². The van der Waals surface area contributed by atoms with Crippen LogP contribution in [0.4, 0.5) is 10.1 Å². The number of nitrogens with one attached hydrogen (secondary N) is 2. The van der Waals surface area contributed by atoms with Crippen LogP contribution >= 0.6 is 0 Å². The Morgan fingerprint density at radius 1 is 1.03 bits per heavy atom. The maximum absolute atomic E-state index is 13.7. The number of hydrogen-bond acceptors (Lipinski definition) is 4. The molecule has 0 aliphatic rings. The van der Waals surface area contributed by atoms with Gasteiger partial charge in [-0.25, -0.2) is 12.8 Å². The van der Waals surface area contributed by atoms with Crippen molar-refractivity contribution >= 4 is 21.6 Å². The number of rotatable bonds is 9. The zero-order valence-electron chi connectivity index (χ0n) is 17.1. The van der Waals surface area contributed by atoms with Crippen LogP contribution in [0.25, 0.3) is 0 Å². The van der Waals surface area contributed by atoms with Gasteiger partial charge in [-0.05, 0) is 43.7 Å². The van der Waals surface area contributed by atoms with E-state index in [4.69, 9.17) is 0 Å². The molecule has 8 heteroatoms. The van der Waals surface area contributed by atoms with Gasteiger partial charge >= 0.3 is 0 Å². The molecule has 0 saturated heterocycles. The Kier molecular flexibility index (Phi) is 7.89. The van der Waals surface area contributed by atoms with Gasteiger partial charge in [-0.1, -0.05) is 38.1 Å². The maximum atomic E-state index is 13.7. The molecule has 2 aromatic rings. The van der Waals surface area contributed by atoms with Crippen molar-refractivity contribution in [2.75, 3.05) is 18.4 Å². The summed E-state index contributed by atoms with van der Waals surface area (Å²) in [6.45, 7) is 7.98. The molecule has 1 amide bonds. The summed E-state index contributed by atoms with van der Waals surface area (Å²) in [7, 11) is -3.51. The van der Waals surface area contributed by atoms with Crippen molar-refractivity contribution in [3.8, 4) is 0 Å². The van der Waals surface area contributed by atoms with Crippen LogP contribution in [0.5, 0.6) is 0 Å². The summed E-state index contributed by atoms with van der Waals surface area (Å²) < 4.78 is 40.2. The summed E-state index contributed by atoms with van der Waals surface area (Å²) in [6, 6.07) is 11.8. The molecule has 0 bridgehead atoms. The quantitative estimate of drug-likeness (QED) is 0.649. The lowest BCUT2D eigenvalue weighted by molar-refractivity contribution is -0.118. The molecule has 29 heavy (non-hydrogen) atoms. The van der Waals surface area contributed by atoms with Crippen molar-refractivity contribution in [2.45, 2.75) is 44.7 Å². The van der Waals surface area contributed by atoms with Crippen molar-refractivity contribution in [3.63, 3.8) is 0 Å². The minimum Gasteiger partial charge on any atom is -0.322 e. The molecule has 2 atom stereocenters. The van der Waals surface area contributed by atoms with Gasteiger partial charge in [0.25, 0.3) is 0 Å². The van der Waals surface area contributed by atoms with Gasteiger partial charge in [0.2, 0.25) is 15.9 Å². The summed E-state index contributed by atoms with van der Waals surface area (Å²) in [6.07, 6.45) is 0. The second-order valence-corrected chi connectivity index (χ2v) is 8.68. The van der Waals surface area contributed by atoms with Gasteiger partial charge in [0.15, 0.2) is 0 Å². The van der Waals surface area contributed by atoms with E-state index >= 15 is 0 Å². The number of carbonyl (C=O) groups excluding carboxylic acids is 1. The smallest absolute Gasteiger partial charge is 0.243 e. The minimum atomic E-state index is -3.51. The zero-order chi connectivity index (χ0) is 21.6. The van der Waals surface area contributed by atoms with E-state index in [-0.39, 0.29) is 22.5 Å². The fourth-order valence-corrected chi connectivity index (χ4v) is 4.45. The van der Waals surface area contributed by atoms with Gasteiger partial charge < -0.3 is 5.32 Å². The number of halogens is 1. The summed E-state index contributed by atoms with van der Waals surface area (Å²) in [5.41, 5.74) is 0.971. The van der Waals surface area contributed by atoms with Crippen molar-refractivity contribution < 1.29 is 17.6 Å². The first-order valence-electron chi connectivity index (χ1n) is 9.62. The highest BCUT2D eigenvalue weighted by molar-refractivity contribution is 7.89. The highest BCUT2D eigenvalue weighted by Crippen LogP contribution is 2.20. The number of amides is 1. The van der Waals surface area contributed by atoms with Crippen LogP contribution in [0, 0.1) is 5.82 Å². The van der Waals surface area contributed by atoms with Crippen molar-refractivity contribution in [1.29, 1.82) is 0 Å². The lowest BCUT2D eigenvalue weighted by atomic mass is 10.1. The number of nitrogens with zero attached hydrogens (tertiary/aromatic N) is 1. The summed E-state index contributed by atoms with van der Waals surface area (Å²) in [5.74, 6) is -0.853. The van der Waals surface area contributed by atoms with Crippen LogP contribution in [0.1, 0.15) is 39.3 Å². The van der Waals surface area contributed by atoms with E-state index in [1.54, 1.807) is 57.2 Å². The molecular formula is C21H28FN3O3S. The molecule has 2 rings (SSSR count). The van der Waals surface area contributed by atoms with Crippen molar-refractivity contribution in [3.05, 3.63) is 59.9 Å². The number of benzene rings is 2. The molecule has 6 nitrogen and oxygen atoms in total. The van der Waals surface area contributed by atoms with Crippen LogP contribution < -0.4 is 10.6 Å². The van der Waals surface area contributed by atoms with Gasteiger partial charge in [0, 0.05) is 19.1 Å². The average molecular weight is 422 g/mol. The van der Waals surface area contributed by atoms with E-state index in [0.717, 1.165) is 5.56 Å². The molecule has 2 N–H and O–H groups in total. The fourth-order valence-electron chi connectivity index (χ4n) is 2.99. The molecular weight excluding hydrogens is 393 g/mol. The van der Waals surface area contributed by atoms with Crippen LogP contribution in [-0.2, 0) is 14.8 Å². The largest absolute Gasteiger partial charge is 0.322 e. The van der Waals surface area contributed by atoms with Crippen LogP contribution in [0.15, 0.2) is 53.4 Å². The Morgan fingerprint density at radius 2 is 1.62 bits per heavy atom. The van der Waals surface area contributed by atoms with Crippen LogP contribution in [-0.4, -0.2) is 37.8 Å². The molecule has 0 radical (unpaired) electrons. The molecule has 158 valence electrons. The fraction of sp³-hybridized carbons (Fsp3) is 0.381. The number of para-hydroxylation sites is 1. The predicted octanol–water partition coefficient (Wildman–Crippen LogP) is 3.53. The Bertz CT molecular complexity index is 928. The van der Waals surface area contributed by atoms with Crippen LogP contribution in [0.3, 0.4) is 0 Å². The number of sulfonamides is 1. The maximum Gasteiger partial charge on any atom is 0.243 e. The second kappa shape index (κ2) is 9.96. The summed E-state index contributed by atoms with van der Waals surface area (Å²) in [4.78, 5) is 12.6. The Balaban J connectivity index is 2.04. The molecule has 0 aliphatic heterocycles. The van der Waals surface area contributed by atoms with E-state index in [9.17, 15) is 17.6 Å². The van der Waals surface area contributed by atoms with E-state index < -0.39 is 21.9 Å². The van der Waals surface area contributed by atoms with Gasteiger partial charge in [0.1, 0.15) is 5.82 Å². The highest BCUT2D eigenvalue weighted by Gasteiger charge is 2.22. The van der Waals surface area contributed by atoms with Gasteiger partial charge in [-0.15, -0.1) is 0 Å². The molecule has 0 aromatic heterocycles. The number of anilines is 1. The Labute approximate surface area is 172 Å². The first-order valence-corrected chi connectivity index (χ1v) is 11.1. The molecule has 2 aromatic carbocycles. The Hall–Kier alpha value is -2.29. The van der Waals surface area contributed by atoms with E-state index in [0.29, 0.717) is 13.1 Å². The molecule has 0 spiro atoms. The van der Waals surface area contributed by atoms with E-state index in [1.165, 1.54) is 16.4 Å². The van der Waals surface area contributed by atoms with Crippen molar-refractivity contribution in [2.24, 2.45) is 0 Å². The van der Waals surface area contributed by atoms with Crippen LogP contribution in [0.2, 0.25) is 0 Å². The van der Waals surface area contributed by atoms with Gasteiger partial charge in [0.05, 0.1) is 16.6 Å². The molecule has 0 fully saturated rings. The third kappa shape index (κ3) is 5.62. The van der Waals surface area contributed by atoms with Gasteiger partial charge in [-0.3, -0.25) is 10.1 Å². The topological polar surface area (TPSA) is 78.5 Å². The standard InChI is InChI=1S/C21H28FN3O3S/c1-5-25(6-2)29(27,28)18-13-11-17(12-14-18)15(3)23-16(4)21(26)24-20-10-8-7-9-19(20)22/h7-16,23H,5-6H2,1-4H3,(H,24,26)/t15-,16-/m1/s1. The molecule has 0 unspecified atom stereocenters. The number of hydrogen-bond donors (Lipinski definition) is 2. The minimum absolute atomic E-state index is 0.129.